The average Bonchev–Trinajstić information content (AvgIpc) is 2.59. The zero-order chi connectivity index (χ0) is 19.3. The second-order valence-corrected chi connectivity index (χ2v) is 9.98. The standard InChI is InChI=1S/C19H24N2O3S2/c1-14(2)25-17-11-7-6-10-16(17)19(22)20-13-15-9-5-8-12-18(15)26(23,24)21(3)4/h5-12,14H,13H2,1-4H3,(H,20,22). The minimum atomic E-state index is -3.57. The van der Waals surface area contributed by atoms with Gasteiger partial charge in [-0.25, -0.2) is 12.7 Å². The van der Waals surface area contributed by atoms with Crippen LogP contribution < -0.4 is 5.32 Å². The average molecular weight is 393 g/mol. The van der Waals surface area contributed by atoms with Gasteiger partial charge in [-0.2, -0.15) is 0 Å². The van der Waals surface area contributed by atoms with Crippen LogP contribution in [0, 0.1) is 0 Å². The Labute approximate surface area is 159 Å². The zero-order valence-corrected chi connectivity index (χ0v) is 17.0. The Hall–Kier alpha value is -1.83. The molecule has 0 saturated heterocycles. The number of carbonyl (C=O) groups excluding carboxylic acids is 1. The number of hydrogen-bond acceptors (Lipinski definition) is 4. The molecule has 0 saturated carbocycles. The Morgan fingerprint density at radius 1 is 1.08 bits per heavy atom. The maximum Gasteiger partial charge on any atom is 0.252 e. The van der Waals surface area contributed by atoms with Crippen molar-refractivity contribution in [3.63, 3.8) is 0 Å². The van der Waals surface area contributed by atoms with Gasteiger partial charge in [-0.1, -0.05) is 44.2 Å². The van der Waals surface area contributed by atoms with Crippen molar-refractivity contribution in [2.24, 2.45) is 0 Å². The van der Waals surface area contributed by atoms with Gasteiger partial charge >= 0.3 is 0 Å². The Morgan fingerprint density at radius 2 is 1.69 bits per heavy atom. The molecule has 0 atom stereocenters. The normalized spacial score (nSPS) is 11.8. The fourth-order valence-electron chi connectivity index (χ4n) is 2.38. The van der Waals surface area contributed by atoms with Crippen LogP contribution in [0.4, 0.5) is 0 Å². The van der Waals surface area contributed by atoms with Crippen molar-refractivity contribution in [1.29, 1.82) is 0 Å². The molecular formula is C19H24N2O3S2. The minimum absolute atomic E-state index is 0.142. The van der Waals surface area contributed by atoms with Gasteiger partial charge in [0.15, 0.2) is 0 Å². The Balaban J connectivity index is 2.22. The first kappa shape index (κ1) is 20.5. The number of amides is 1. The number of thioether (sulfide) groups is 1. The Bertz CT molecular complexity index is 878. The second-order valence-electron chi connectivity index (χ2n) is 6.24. The summed E-state index contributed by atoms with van der Waals surface area (Å²) in [5, 5.41) is 3.20. The van der Waals surface area contributed by atoms with E-state index in [-0.39, 0.29) is 17.3 Å². The molecule has 140 valence electrons. The number of nitrogens with zero attached hydrogens (tertiary/aromatic N) is 1. The summed E-state index contributed by atoms with van der Waals surface area (Å²) >= 11 is 1.62. The molecule has 1 N–H and O–H groups in total. The van der Waals surface area contributed by atoms with Gasteiger partial charge in [0.1, 0.15) is 0 Å². The Morgan fingerprint density at radius 3 is 2.35 bits per heavy atom. The molecule has 2 aromatic carbocycles. The van der Waals surface area contributed by atoms with Gasteiger partial charge < -0.3 is 5.32 Å². The maximum absolute atomic E-state index is 12.6. The van der Waals surface area contributed by atoms with Crippen molar-refractivity contribution in [3.8, 4) is 0 Å². The largest absolute Gasteiger partial charge is 0.348 e. The van der Waals surface area contributed by atoms with Crippen LogP contribution in [-0.4, -0.2) is 38.0 Å². The predicted molar refractivity (Wildman–Crippen MR) is 106 cm³/mol. The van der Waals surface area contributed by atoms with Crippen molar-refractivity contribution in [2.75, 3.05) is 14.1 Å². The molecule has 26 heavy (non-hydrogen) atoms. The molecule has 1 amide bonds. The molecular weight excluding hydrogens is 368 g/mol. The van der Waals surface area contributed by atoms with E-state index in [0.29, 0.717) is 16.4 Å². The van der Waals surface area contributed by atoms with Crippen LogP contribution in [0.3, 0.4) is 0 Å². The van der Waals surface area contributed by atoms with Crippen LogP contribution in [0.1, 0.15) is 29.8 Å². The minimum Gasteiger partial charge on any atom is -0.348 e. The lowest BCUT2D eigenvalue weighted by atomic mass is 10.2. The molecule has 2 rings (SSSR count). The molecule has 0 heterocycles. The summed E-state index contributed by atoms with van der Waals surface area (Å²) in [6.07, 6.45) is 0. The fraction of sp³-hybridized carbons (Fsp3) is 0.316. The third-order valence-electron chi connectivity index (χ3n) is 3.66. The maximum atomic E-state index is 12.6. The molecule has 0 aromatic heterocycles. The summed E-state index contributed by atoms with van der Waals surface area (Å²) in [6.45, 7) is 4.28. The van der Waals surface area contributed by atoms with Gasteiger partial charge in [0.2, 0.25) is 10.0 Å². The van der Waals surface area contributed by atoms with Crippen LogP contribution in [0.15, 0.2) is 58.3 Å². The number of hydrogen-bond donors (Lipinski definition) is 1. The molecule has 2 aromatic rings. The molecule has 0 aliphatic carbocycles. The number of rotatable bonds is 7. The lowest BCUT2D eigenvalue weighted by Crippen LogP contribution is -2.27. The summed E-state index contributed by atoms with van der Waals surface area (Å²) in [5.41, 5.74) is 1.16. The lowest BCUT2D eigenvalue weighted by molar-refractivity contribution is 0.0947. The van der Waals surface area contributed by atoms with Gasteiger partial charge in [0.25, 0.3) is 5.91 Å². The van der Waals surface area contributed by atoms with Crippen molar-refractivity contribution in [2.45, 2.75) is 35.4 Å². The van der Waals surface area contributed by atoms with E-state index in [0.717, 1.165) is 4.90 Å². The number of sulfonamides is 1. The van der Waals surface area contributed by atoms with Crippen molar-refractivity contribution in [1.82, 2.24) is 9.62 Å². The molecule has 0 bridgehead atoms. The molecule has 0 aliphatic rings. The molecule has 0 unspecified atom stereocenters. The van der Waals surface area contributed by atoms with Crippen molar-refractivity contribution in [3.05, 3.63) is 59.7 Å². The van der Waals surface area contributed by atoms with E-state index in [9.17, 15) is 13.2 Å². The summed E-state index contributed by atoms with van der Waals surface area (Å²) < 4.78 is 26.1. The third-order valence-corrected chi connectivity index (χ3v) is 6.66. The van der Waals surface area contributed by atoms with E-state index in [2.05, 4.69) is 19.2 Å². The van der Waals surface area contributed by atoms with E-state index < -0.39 is 10.0 Å². The smallest absolute Gasteiger partial charge is 0.252 e. The van der Waals surface area contributed by atoms with Crippen LogP contribution in [0.25, 0.3) is 0 Å². The van der Waals surface area contributed by atoms with Crippen LogP contribution in [0.2, 0.25) is 0 Å². The number of nitrogens with one attached hydrogen (secondary N) is 1. The summed E-state index contributed by atoms with van der Waals surface area (Å²) in [5.74, 6) is -0.217. The highest BCUT2D eigenvalue weighted by molar-refractivity contribution is 8.00. The molecule has 0 fully saturated rings. The topological polar surface area (TPSA) is 66.5 Å². The van der Waals surface area contributed by atoms with E-state index in [1.54, 1.807) is 42.1 Å². The summed E-state index contributed by atoms with van der Waals surface area (Å²) in [4.78, 5) is 13.7. The molecule has 5 nitrogen and oxygen atoms in total. The second kappa shape index (κ2) is 8.70. The van der Waals surface area contributed by atoms with Crippen molar-refractivity contribution < 1.29 is 13.2 Å². The highest BCUT2D eigenvalue weighted by atomic mass is 32.2. The van der Waals surface area contributed by atoms with E-state index >= 15 is 0 Å². The molecule has 0 aliphatic heterocycles. The van der Waals surface area contributed by atoms with E-state index in [1.807, 2.05) is 18.2 Å². The highest BCUT2D eigenvalue weighted by Crippen LogP contribution is 2.26. The number of benzene rings is 2. The first-order valence-electron chi connectivity index (χ1n) is 8.27. The monoisotopic (exact) mass is 392 g/mol. The van der Waals surface area contributed by atoms with Crippen LogP contribution in [0.5, 0.6) is 0 Å². The fourth-order valence-corrected chi connectivity index (χ4v) is 4.45. The van der Waals surface area contributed by atoms with Gasteiger partial charge in [-0.05, 0) is 23.8 Å². The zero-order valence-electron chi connectivity index (χ0n) is 15.4. The highest BCUT2D eigenvalue weighted by Gasteiger charge is 2.21. The Kier molecular flexibility index (Phi) is 6.86. The lowest BCUT2D eigenvalue weighted by Gasteiger charge is -2.16. The van der Waals surface area contributed by atoms with Crippen LogP contribution >= 0.6 is 11.8 Å². The molecule has 0 spiro atoms. The first-order chi connectivity index (χ1) is 12.2. The van der Waals surface area contributed by atoms with E-state index in [1.165, 1.54) is 18.4 Å². The van der Waals surface area contributed by atoms with Gasteiger partial charge in [0, 0.05) is 30.8 Å². The SMILES string of the molecule is CC(C)Sc1ccccc1C(=O)NCc1ccccc1S(=O)(=O)N(C)C. The van der Waals surface area contributed by atoms with Crippen molar-refractivity contribution >= 4 is 27.7 Å². The number of carbonyl (C=O) groups is 1. The summed E-state index contributed by atoms with van der Waals surface area (Å²) in [6, 6.07) is 14.1. The van der Waals surface area contributed by atoms with Gasteiger partial charge in [-0.3, -0.25) is 4.79 Å². The van der Waals surface area contributed by atoms with Crippen LogP contribution in [-0.2, 0) is 16.6 Å². The quantitative estimate of drug-likeness (QED) is 0.734. The van der Waals surface area contributed by atoms with Gasteiger partial charge in [-0.15, -0.1) is 11.8 Å². The van der Waals surface area contributed by atoms with E-state index in [4.69, 9.17) is 0 Å². The molecule has 7 heteroatoms. The molecule has 0 radical (unpaired) electrons. The first-order valence-corrected chi connectivity index (χ1v) is 10.6. The van der Waals surface area contributed by atoms with Gasteiger partial charge in [0.05, 0.1) is 10.5 Å². The predicted octanol–water partition coefficient (Wildman–Crippen LogP) is 3.37. The summed E-state index contributed by atoms with van der Waals surface area (Å²) in [7, 11) is -0.586. The third kappa shape index (κ3) is 4.87.